The molecule has 0 radical (unpaired) electrons. The third-order valence-corrected chi connectivity index (χ3v) is 3.56. The molecule has 2 aromatic heterocycles. The first-order chi connectivity index (χ1) is 8.00. The van der Waals surface area contributed by atoms with Gasteiger partial charge in [-0.25, -0.2) is 14.5 Å². The number of aryl methyl sites for hydroxylation is 1. The number of carboxylic acids is 1. The fourth-order valence-corrected chi connectivity index (χ4v) is 1.79. The fraction of sp³-hybridized carbons (Fsp3) is 0.182. The smallest absolute Gasteiger partial charge is 0.354 e. The summed E-state index contributed by atoms with van der Waals surface area (Å²) >= 11 is 3.43. The minimum absolute atomic E-state index is 0.00572. The number of carbonyl (C=O) groups is 1. The predicted octanol–water partition coefficient (Wildman–Crippen LogP) is 2.34. The Balaban J connectivity index is 2.56. The normalized spacial score (nSPS) is 10.5. The van der Waals surface area contributed by atoms with Crippen molar-refractivity contribution in [3.63, 3.8) is 0 Å². The van der Waals surface area contributed by atoms with Gasteiger partial charge in [0.25, 0.3) is 0 Å². The van der Waals surface area contributed by atoms with E-state index in [0.717, 1.165) is 15.9 Å². The van der Waals surface area contributed by atoms with Crippen LogP contribution in [-0.4, -0.2) is 25.8 Å². The third-order valence-electron chi connectivity index (χ3n) is 2.41. The Morgan fingerprint density at radius 1 is 1.47 bits per heavy atom. The van der Waals surface area contributed by atoms with Gasteiger partial charge in [0.1, 0.15) is 5.69 Å². The molecule has 0 amide bonds. The van der Waals surface area contributed by atoms with E-state index >= 15 is 0 Å². The molecule has 0 saturated heterocycles. The van der Waals surface area contributed by atoms with E-state index in [-0.39, 0.29) is 5.69 Å². The second-order valence-corrected chi connectivity index (χ2v) is 4.39. The number of nitrogens with zero attached hydrogens (tertiary/aromatic N) is 3. The van der Waals surface area contributed by atoms with Gasteiger partial charge in [-0.1, -0.05) is 0 Å². The Morgan fingerprint density at radius 2 is 2.18 bits per heavy atom. The Labute approximate surface area is 106 Å². The van der Waals surface area contributed by atoms with Crippen LogP contribution in [0.5, 0.6) is 0 Å². The molecule has 0 aromatic carbocycles. The summed E-state index contributed by atoms with van der Waals surface area (Å²) < 4.78 is 2.61. The van der Waals surface area contributed by atoms with Crippen molar-refractivity contribution >= 4 is 21.9 Å². The Bertz CT molecular complexity index is 592. The maximum Gasteiger partial charge on any atom is 0.354 e. The molecule has 0 unspecified atom stereocenters. The van der Waals surface area contributed by atoms with E-state index in [1.807, 2.05) is 13.8 Å². The Hall–Kier alpha value is -1.69. The maximum atomic E-state index is 10.8. The first-order valence-electron chi connectivity index (χ1n) is 4.92. The van der Waals surface area contributed by atoms with Crippen LogP contribution in [0.25, 0.3) is 5.69 Å². The van der Waals surface area contributed by atoms with Crippen LogP contribution in [0.15, 0.2) is 22.8 Å². The lowest BCUT2D eigenvalue weighted by atomic mass is 10.3. The summed E-state index contributed by atoms with van der Waals surface area (Å²) in [6, 6.07) is 3.21. The molecule has 0 spiro atoms. The highest BCUT2D eigenvalue weighted by Gasteiger charge is 2.12. The van der Waals surface area contributed by atoms with Crippen molar-refractivity contribution in [2.45, 2.75) is 13.8 Å². The quantitative estimate of drug-likeness (QED) is 0.923. The molecule has 17 heavy (non-hydrogen) atoms. The van der Waals surface area contributed by atoms with Crippen LogP contribution >= 0.6 is 15.9 Å². The Morgan fingerprint density at radius 3 is 2.71 bits per heavy atom. The average Bonchev–Trinajstić information content (AvgIpc) is 2.57. The highest BCUT2D eigenvalue weighted by molar-refractivity contribution is 9.10. The summed E-state index contributed by atoms with van der Waals surface area (Å²) in [5.41, 5.74) is 2.47. The van der Waals surface area contributed by atoms with E-state index in [9.17, 15) is 4.79 Å². The number of pyridine rings is 1. The van der Waals surface area contributed by atoms with Gasteiger partial charge in [0.15, 0.2) is 0 Å². The standard InChI is InChI=1S/C11H10BrN3O2/c1-6-10(12)7(2)15(14-6)8-3-4-13-9(5-8)11(16)17/h3-5H,1-2H3,(H,16,17). The molecule has 0 aliphatic heterocycles. The summed E-state index contributed by atoms with van der Waals surface area (Å²) in [5, 5.41) is 13.2. The van der Waals surface area contributed by atoms with Crippen LogP contribution < -0.4 is 0 Å². The molecular formula is C11H10BrN3O2. The van der Waals surface area contributed by atoms with Gasteiger partial charge < -0.3 is 5.11 Å². The number of hydrogen-bond donors (Lipinski definition) is 1. The van der Waals surface area contributed by atoms with Crippen molar-refractivity contribution in [3.8, 4) is 5.69 Å². The number of hydrogen-bond acceptors (Lipinski definition) is 3. The number of aromatic nitrogens is 3. The second-order valence-electron chi connectivity index (χ2n) is 3.60. The molecule has 2 rings (SSSR count). The lowest BCUT2D eigenvalue weighted by molar-refractivity contribution is 0.0690. The van der Waals surface area contributed by atoms with Gasteiger partial charge in [0.05, 0.1) is 21.5 Å². The molecule has 0 saturated carbocycles. The van der Waals surface area contributed by atoms with Gasteiger partial charge >= 0.3 is 5.97 Å². The van der Waals surface area contributed by atoms with Crippen molar-refractivity contribution < 1.29 is 9.90 Å². The average molecular weight is 296 g/mol. The zero-order valence-corrected chi connectivity index (χ0v) is 10.9. The summed E-state index contributed by atoms with van der Waals surface area (Å²) in [7, 11) is 0. The van der Waals surface area contributed by atoms with E-state index in [2.05, 4.69) is 26.0 Å². The highest BCUT2D eigenvalue weighted by Crippen LogP contribution is 2.22. The largest absolute Gasteiger partial charge is 0.477 e. The van der Waals surface area contributed by atoms with Gasteiger partial charge in [0.2, 0.25) is 0 Å². The molecule has 2 aromatic rings. The molecule has 1 N–H and O–H groups in total. The Kier molecular flexibility index (Phi) is 2.97. The first-order valence-corrected chi connectivity index (χ1v) is 5.71. The molecule has 0 bridgehead atoms. The second kappa shape index (κ2) is 4.29. The molecule has 5 nitrogen and oxygen atoms in total. The monoisotopic (exact) mass is 295 g/mol. The molecule has 0 aliphatic carbocycles. The van der Waals surface area contributed by atoms with Gasteiger partial charge in [0, 0.05) is 6.20 Å². The molecular weight excluding hydrogens is 286 g/mol. The number of carboxylic acid groups (broad SMARTS) is 1. The summed E-state index contributed by atoms with van der Waals surface area (Å²) in [6.45, 7) is 3.79. The molecule has 88 valence electrons. The van der Waals surface area contributed by atoms with Crippen molar-refractivity contribution in [2.75, 3.05) is 0 Å². The van der Waals surface area contributed by atoms with Crippen molar-refractivity contribution in [1.29, 1.82) is 0 Å². The lowest BCUT2D eigenvalue weighted by Gasteiger charge is -2.04. The highest BCUT2D eigenvalue weighted by atomic mass is 79.9. The van der Waals surface area contributed by atoms with Crippen LogP contribution in [0.2, 0.25) is 0 Å². The topological polar surface area (TPSA) is 68.0 Å². The van der Waals surface area contributed by atoms with Crippen molar-refractivity contribution in [1.82, 2.24) is 14.8 Å². The van der Waals surface area contributed by atoms with E-state index in [1.54, 1.807) is 10.7 Å². The lowest BCUT2D eigenvalue weighted by Crippen LogP contribution is -2.04. The van der Waals surface area contributed by atoms with Gasteiger partial charge in [-0.3, -0.25) is 0 Å². The molecule has 0 fully saturated rings. The summed E-state index contributed by atoms with van der Waals surface area (Å²) in [5.74, 6) is -1.05. The fourth-order valence-electron chi connectivity index (χ4n) is 1.54. The first kappa shape index (κ1) is 11.8. The molecule has 2 heterocycles. The summed E-state index contributed by atoms with van der Waals surface area (Å²) in [6.07, 6.45) is 1.46. The molecule has 0 atom stereocenters. The molecule has 0 aliphatic rings. The van der Waals surface area contributed by atoms with E-state index < -0.39 is 5.97 Å². The zero-order chi connectivity index (χ0) is 12.6. The van der Waals surface area contributed by atoms with E-state index in [1.165, 1.54) is 12.3 Å². The van der Waals surface area contributed by atoms with Crippen LogP contribution in [0.1, 0.15) is 21.9 Å². The van der Waals surface area contributed by atoms with Crippen LogP contribution in [0.4, 0.5) is 0 Å². The minimum Gasteiger partial charge on any atom is -0.477 e. The number of aromatic carboxylic acids is 1. The third kappa shape index (κ3) is 2.08. The number of rotatable bonds is 2. The minimum atomic E-state index is -1.05. The van der Waals surface area contributed by atoms with Crippen LogP contribution in [-0.2, 0) is 0 Å². The zero-order valence-electron chi connectivity index (χ0n) is 9.31. The van der Waals surface area contributed by atoms with E-state index in [0.29, 0.717) is 5.69 Å². The molecule has 6 heteroatoms. The van der Waals surface area contributed by atoms with Crippen LogP contribution in [0.3, 0.4) is 0 Å². The SMILES string of the molecule is Cc1nn(-c2ccnc(C(=O)O)c2)c(C)c1Br. The van der Waals surface area contributed by atoms with E-state index in [4.69, 9.17) is 5.11 Å². The maximum absolute atomic E-state index is 10.8. The van der Waals surface area contributed by atoms with Crippen molar-refractivity contribution in [3.05, 3.63) is 39.9 Å². The predicted molar refractivity (Wildman–Crippen MR) is 65.5 cm³/mol. The number of halogens is 1. The van der Waals surface area contributed by atoms with Gasteiger partial charge in [-0.15, -0.1) is 0 Å². The van der Waals surface area contributed by atoms with Gasteiger partial charge in [-0.05, 0) is 41.9 Å². The van der Waals surface area contributed by atoms with Crippen molar-refractivity contribution in [2.24, 2.45) is 0 Å². The van der Waals surface area contributed by atoms with Gasteiger partial charge in [-0.2, -0.15) is 5.10 Å². The summed E-state index contributed by atoms with van der Waals surface area (Å²) in [4.78, 5) is 14.6. The van der Waals surface area contributed by atoms with Crippen LogP contribution in [0, 0.1) is 13.8 Å².